The first-order valence-corrected chi connectivity index (χ1v) is 6.39. The number of hydrogen-bond donors (Lipinski definition) is 3. The standard InChI is InChI=1S/C12H21N3O6/c1-4-5-15(7-9(16)14(2)3)12(21)13-8(11(19)20)6-10(17)18/h8H,4-7H2,1-3H3,(H,13,21)(H,17,18)(H,19,20)/t8-/m1/s1. The van der Waals surface area contributed by atoms with Gasteiger partial charge >= 0.3 is 18.0 Å². The number of carboxylic acid groups (broad SMARTS) is 2. The number of carboxylic acids is 2. The van der Waals surface area contributed by atoms with E-state index in [4.69, 9.17) is 10.2 Å². The lowest BCUT2D eigenvalue weighted by molar-refractivity contribution is -0.145. The average molecular weight is 303 g/mol. The van der Waals surface area contributed by atoms with Gasteiger partial charge in [0.05, 0.1) is 6.42 Å². The number of urea groups is 1. The molecule has 0 saturated carbocycles. The fourth-order valence-corrected chi connectivity index (χ4v) is 1.44. The third kappa shape index (κ3) is 7.14. The van der Waals surface area contributed by atoms with Gasteiger partial charge in [0.15, 0.2) is 0 Å². The number of aliphatic carboxylic acids is 2. The normalized spacial score (nSPS) is 11.4. The minimum absolute atomic E-state index is 0.202. The summed E-state index contributed by atoms with van der Waals surface area (Å²) in [5.74, 6) is -3.10. The second kappa shape index (κ2) is 8.77. The quantitative estimate of drug-likeness (QED) is 0.550. The predicted octanol–water partition coefficient (Wildman–Crippen LogP) is -0.576. The summed E-state index contributed by atoms with van der Waals surface area (Å²) in [6, 6.07) is -2.32. The molecule has 0 heterocycles. The Labute approximate surface area is 122 Å². The molecule has 0 bridgehead atoms. The molecular formula is C12H21N3O6. The van der Waals surface area contributed by atoms with Crippen molar-refractivity contribution in [1.29, 1.82) is 0 Å². The number of rotatable bonds is 8. The van der Waals surface area contributed by atoms with Crippen LogP contribution < -0.4 is 5.32 Å². The molecule has 3 amide bonds. The number of carbonyl (C=O) groups is 4. The van der Waals surface area contributed by atoms with Crippen LogP contribution in [0.25, 0.3) is 0 Å². The van der Waals surface area contributed by atoms with E-state index in [2.05, 4.69) is 5.32 Å². The molecule has 0 aliphatic rings. The van der Waals surface area contributed by atoms with Crippen LogP contribution in [0.2, 0.25) is 0 Å². The summed E-state index contributed by atoms with van der Waals surface area (Å²) in [5, 5.41) is 19.6. The molecule has 0 aromatic rings. The van der Waals surface area contributed by atoms with Crippen LogP contribution in [0.1, 0.15) is 19.8 Å². The molecule has 0 aromatic heterocycles. The SMILES string of the molecule is CCCN(CC(=O)N(C)C)C(=O)N[C@H](CC(=O)O)C(=O)O. The van der Waals surface area contributed by atoms with Gasteiger partial charge in [-0.3, -0.25) is 9.59 Å². The number of carbonyl (C=O) groups excluding carboxylic acids is 2. The molecule has 0 unspecified atom stereocenters. The van der Waals surface area contributed by atoms with Gasteiger partial charge in [-0.2, -0.15) is 0 Å². The van der Waals surface area contributed by atoms with Crippen molar-refractivity contribution in [2.24, 2.45) is 0 Å². The van der Waals surface area contributed by atoms with Gasteiger partial charge in [0, 0.05) is 20.6 Å². The summed E-state index contributed by atoms with van der Waals surface area (Å²) >= 11 is 0. The van der Waals surface area contributed by atoms with Crippen LogP contribution in [0.5, 0.6) is 0 Å². The van der Waals surface area contributed by atoms with Crippen molar-refractivity contribution in [2.75, 3.05) is 27.2 Å². The van der Waals surface area contributed by atoms with Crippen molar-refractivity contribution in [1.82, 2.24) is 15.1 Å². The van der Waals surface area contributed by atoms with Crippen molar-refractivity contribution < 1.29 is 29.4 Å². The van der Waals surface area contributed by atoms with Crippen LogP contribution in [0, 0.1) is 0 Å². The number of hydrogen-bond acceptors (Lipinski definition) is 4. The summed E-state index contributed by atoms with van der Waals surface area (Å²) in [6.45, 7) is 1.85. The molecule has 0 spiro atoms. The highest BCUT2D eigenvalue weighted by Gasteiger charge is 2.26. The summed E-state index contributed by atoms with van der Waals surface area (Å²) in [7, 11) is 3.07. The fraction of sp³-hybridized carbons (Fsp3) is 0.667. The van der Waals surface area contributed by atoms with Crippen molar-refractivity contribution in [3.05, 3.63) is 0 Å². The smallest absolute Gasteiger partial charge is 0.326 e. The Morgan fingerprint density at radius 1 is 1.14 bits per heavy atom. The van der Waals surface area contributed by atoms with Crippen LogP contribution in [-0.4, -0.2) is 77.1 Å². The molecule has 0 fully saturated rings. The van der Waals surface area contributed by atoms with Crippen molar-refractivity contribution in [3.63, 3.8) is 0 Å². The topological polar surface area (TPSA) is 127 Å². The number of likely N-dealkylation sites (N-methyl/N-ethyl adjacent to an activating group) is 1. The lowest BCUT2D eigenvalue weighted by Gasteiger charge is -2.25. The van der Waals surface area contributed by atoms with Crippen LogP contribution in [-0.2, 0) is 14.4 Å². The molecule has 3 N–H and O–H groups in total. The molecule has 9 nitrogen and oxygen atoms in total. The first-order valence-electron chi connectivity index (χ1n) is 6.39. The maximum absolute atomic E-state index is 12.0. The summed E-state index contributed by atoms with van der Waals surface area (Å²) in [6.07, 6.45) is -0.159. The number of amides is 3. The number of nitrogens with one attached hydrogen (secondary N) is 1. The highest BCUT2D eigenvalue weighted by atomic mass is 16.4. The van der Waals surface area contributed by atoms with E-state index in [1.165, 1.54) is 19.0 Å². The molecule has 0 radical (unpaired) electrons. The molecule has 21 heavy (non-hydrogen) atoms. The van der Waals surface area contributed by atoms with Gasteiger partial charge in [-0.25, -0.2) is 9.59 Å². The maximum atomic E-state index is 12.0. The molecule has 120 valence electrons. The van der Waals surface area contributed by atoms with Gasteiger partial charge in [0.2, 0.25) is 5.91 Å². The molecule has 0 saturated heterocycles. The van der Waals surface area contributed by atoms with Crippen molar-refractivity contribution in [2.45, 2.75) is 25.8 Å². The van der Waals surface area contributed by atoms with E-state index in [1.807, 2.05) is 0 Å². The lowest BCUT2D eigenvalue weighted by Crippen LogP contribution is -2.51. The van der Waals surface area contributed by atoms with E-state index < -0.39 is 30.4 Å². The molecule has 0 aliphatic carbocycles. The van der Waals surface area contributed by atoms with Gasteiger partial charge in [0.1, 0.15) is 12.6 Å². The molecule has 0 aromatic carbocycles. The minimum atomic E-state index is -1.54. The van der Waals surface area contributed by atoms with E-state index >= 15 is 0 Å². The summed E-state index contributed by atoms with van der Waals surface area (Å²) < 4.78 is 0. The molecule has 1 atom stereocenters. The zero-order chi connectivity index (χ0) is 16.6. The number of nitrogens with zero attached hydrogens (tertiary/aromatic N) is 2. The van der Waals surface area contributed by atoms with Crippen LogP contribution in [0.4, 0.5) is 4.79 Å². The maximum Gasteiger partial charge on any atom is 0.326 e. The Balaban J connectivity index is 4.82. The molecule has 9 heteroatoms. The zero-order valence-corrected chi connectivity index (χ0v) is 12.3. The molecule has 0 rings (SSSR count). The largest absolute Gasteiger partial charge is 0.481 e. The Morgan fingerprint density at radius 3 is 2.10 bits per heavy atom. The third-order valence-corrected chi connectivity index (χ3v) is 2.58. The van der Waals surface area contributed by atoms with Gasteiger partial charge in [0.25, 0.3) is 0 Å². The van der Waals surface area contributed by atoms with E-state index in [0.717, 1.165) is 4.90 Å². The Morgan fingerprint density at radius 2 is 1.71 bits per heavy atom. The second-order valence-corrected chi connectivity index (χ2v) is 4.65. The van der Waals surface area contributed by atoms with Crippen LogP contribution in [0.3, 0.4) is 0 Å². The van der Waals surface area contributed by atoms with Gasteiger partial charge in [-0.05, 0) is 6.42 Å². The van der Waals surface area contributed by atoms with E-state index in [0.29, 0.717) is 6.42 Å². The monoisotopic (exact) mass is 303 g/mol. The molecular weight excluding hydrogens is 282 g/mol. The minimum Gasteiger partial charge on any atom is -0.481 e. The molecule has 0 aliphatic heterocycles. The Bertz CT molecular complexity index is 410. The van der Waals surface area contributed by atoms with Gasteiger partial charge < -0.3 is 25.3 Å². The third-order valence-electron chi connectivity index (χ3n) is 2.58. The van der Waals surface area contributed by atoms with Crippen LogP contribution >= 0.6 is 0 Å². The van der Waals surface area contributed by atoms with Gasteiger partial charge in [-0.15, -0.1) is 0 Å². The van der Waals surface area contributed by atoms with E-state index in [9.17, 15) is 19.2 Å². The van der Waals surface area contributed by atoms with Crippen molar-refractivity contribution in [3.8, 4) is 0 Å². The summed E-state index contributed by atoms with van der Waals surface area (Å²) in [5.41, 5.74) is 0. The fourth-order valence-electron chi connectivity index (χ4n) is 1.44. The average Bonchev–Trinajstić information content (AvgIpc) is 2.36. The Hall–Kier alpha value is -2.32. The highest BCUT2D eigenvalue weighted by Crippen LogP contribution is 1.99. The summed E-state index contributed by atoms with van der Waals surface area (Å²) in [4.78, 5) is 47.5. The van der Waals surface area contributed by atoms with Crippen LogP contribution in [0.15, 0.2) is 0 Å². The van der Waals surface area contributed by atoms with Gasteiger partial charge in [-0.1, -0.05) is 6.92 Å². The van der Waals surface area contributed by atoms with E-state index in [1.54, 1.807) is 6.92 Å². The Kier molecular flexibility index (Phi) is 7.80. The second-order valence-electron chi connectivity index (χ2n) is 4.65. The first-order chi connectivity index (χ1) is 9.68. The zero-order valence-electron chi connectivity index (χ0n) is 12.3. The van der Waals surface area contributed by atoms with E-state index in [-0.39, 0.29) is 19.0 Å². The lowest BCUT2D eigenvalue weighted by atomic mass is 10.2. The highest BCUT2D eigenvalue weighted by molar-refractivity contribution is 5.88. The predicted molar refractivity (Wildman–Crippen MR) is 72.8 cm³/mol. The van der Waals surface area contributed by atoms with Crippen molar-refractivity contribution >= 4 is 23.9 Å². The first kappa shape index (κ1) is 18.7.